The minimum absolute atomic E-state index is 0.107. The molecule has 1 amide bonds. The van der Waals surface area contributed by atoms with E-state index in [1.165, 1.54) is 12.8 Å². The van der Waals surface area contributed by atoms with Crippen molar-refractivity contribution in [1.82, 2.24) is 21.3 Å². The summed E-state index contributed by atoms with van der Waals surface area (Å²) in [4.78, 5) is 12.0. The van der Waals surface area contributed by atoms with Gasteiger partial charge >= 0.3 is 0 Å². The Labute approximate surface area is 149 Å². The van der Waals surface area contributed by atoms with Crippen LogP contribution in [-0.2, 0) is 11.2 Å². The van der Waals surface area contributed by atoms with Crippen molar-refractivity contribution in [3.8, 4) is 0 Å². The Morgan fingerprint density at radius 1 is 1.29 bits per heavy atom. The van der Waals surface area contributed by atoms with Crippen LogP contribution in [0.3, 0.4) is 0 Å². The highest BCUT2D eigenvalue weighted by Gasteiger charge is 2.27. The summed E-state index contributed by atoms with van der Waals surface area (Å²) in [6, 6.07) is 0.368. The standard InChI is InChI=1S/C17H28N4O2S/c1-10-6-5-7-15(11(10)2)18-17(24)20-19-16(22)9-8-14-12(3)21-23-13(14)4/h10-11,15H,5-9H2,1-4H3,(H,19,22)(H2,18,20,24)/t10-,11-,15-/m0/s1. The van der Waals surface area contributed by atoms with Gasteiger partial charge in [0.15, 0.2) is 5.11 Å². The summed E-state index contributed by atoms with van der Waals surface area (Å²) in [5.74, 6) is 1.94. The second-order valence-corrected chi connectivity index (χ2v) is 7.23. The number of nitrogens with zero attached hydrogens (tertiary/aromatic N) is 1. The molecule has 0 aliphatic heterocycles. The third kappa shape index (κ3) is 4.93. The van der Waals surface area contributed by atoms with Crippen LogP contribution in [0.15, 0.2) is 4.52 Å². The quantitative estimate of drug-likeness (QED) is 0.571. The summed E-state index contributed by atoms with van der Waals surface area (Å²) < 4.78 is 5.10. The number of aryl methyl sites for hydroxylation is 2. The van der Waals surface area contributed by atoms with Gasteiger partial charge in [-0.25, -0.2) is 0 Å². The Kier molecular flexibility index (Phi) is 6.60. The Morgan fingerprint density at radius 3 is 2.71 bits per heavy atom. The van der Waals surface area contributed by atoms with Gasteiger partial charge in [-0.2, -0.15) is 0 Å². The molecule has 6 nitrogen and oxygen atoms in total. The van der Waals surface area contributed by atoms with E-state index in [4.69, 9.17) is 16.7 Å². The maximum absolute atomic E-state index is 12.0. The van der Waals surface area contributed by atoms with Gasteiger partial charge in [0.25, 0.3) is 0 Å². The summed E-state index contributed by atoms with van der Waals surface area (Å²) in [5.41, 5.74) is 7.30. The van der Waals surface area contributed by atoms with Crippen LogP contribution in [0.4, 0.5) is 0 Å². The summed E-state index contributed by atoms with van der Waals surface area (Å²) in [5, 5.41) is 7.69. The van der Waals surface area contributed by atoms with Gasteiger partial charge in [-0.1, -0.05) is 31.8 Å². The molecule has 0 bridgehead atoms. The maximum atomic E-state index is 12.0. The third-order valence-electron chi connectivity index (χ3n) is 5.12. The highest BCUT2D eigenvalue weighted by Crippen LogP contribution is 2.29. The molecule has 1 saturated carbocycles. The van der Waals surface area contributed by atoms with E-state index < -0.39 is 0 Å². The van der Waals surface area contributed by atoms with Gasteiger partial charge in [0.05, 0.1) is 5.69 Å². The molecule has 1 aliphatic carbocycles. The Morgan fingerprint density at radius 2 is 2.04 bits per heavy atom. The first kappa shape index (κ1) is 18.7. The van der Waals surface area contributed by atoms with E-state index in [0.29, 0.717) is 35.8 Å². The van der Waals surface area contributed by atoms with Crippen molar-refractivity contribution in [3.05, 3.63) is 17.0 Å². The second kappa shape index (κ2) is 8.46. The van der Waals surface area contributed by atoms with Crippen LogP contribution in [0.5, 0.6) is 0 Å². The number of hydrogen-bond donors (Lipinski definition) is 3. The van der Waals surface area contributed by atoms with E-state index in [1.54, 1.807) is 0 Å². The molecule has 1 aliphatic rings. The fourth-order valence-corrected chi connectivity index (χ4v) is 3.48. The van der Waals surface area contributed by atoms with Crippen molar-refractivity contribution >= 4 is 23.2 Å². The van der Waals surface area contributed by atoms with Crippen LogP contribution in [0.2, 0.25) is 0 Å². The van der Waals surface area contributed by atoms with Crippen LogP contribution in [-0.4, -0.2) is 22.2 Å². The summed E-state index contributed by atoms with van der Waals surface area (Å²) >= 11 is 5.29. The van der Waals surface area contributed by atoms with Crippen molar-refractivity contribution in [2.24, 2.45) is 11.8 Å². The first-order valence-corrected chi connectivity index (χ1v) is 9.06. The Bertz CT molecular complexity index is 568. The van der Waals surface area contributed by atoms with Crippen LogP contribution < -0.4 is 16.2 Å². The lowest BCUT2D eigenvalue weighted by Crippen LogP contribution is -2.52. The van der Waals surface area contributed by atoms with Crippen molar-refractivity contribution in [2.75, 3.05) is 0 Å². The molecule has 7 heteroatoms. The first-order valence-electron chi connectivity index (χ1n) is 8.65. The first-order chi connectivity index (χ1) is 11.4. The molecule has 0 radical (unpaired) electrons. The summed E-state index contributed by atoms with van der Waals surface area (Å²) in [7, 11) is 0. The molecule has 134 valence electrons. The number of carbonyl (C=O) groups excluding carboxylic acids is 1. The molecule has 24 heavy (non-hydrogen) atoms. The zero-order valence-electron chi connectivity index (χ0n) is 14.9. The number of amides is 1. The van der Waals surface area contributed by atoms with E-state index in [1.807, 2.05) is 13.8 Å². The average Bonchev–Trinajstić information content (AvgIpc) is 2.86. The zero-order chi connectivity index (χ0) is 17.7. The predicted molar refractivity (Wildman–Crippen MR) is 97.3 cm³/mol. The van der Waals surface area contributed by atoms with Crippen molar-refractivity contribution in [1.29, 1.82) is 0 Å². The second-order valence-electron chi connectivity index (χ2n) is 6.82. The van der Waals surface area contributed by atoms with Gasteiger partial charge in [-0.15, -0.1) is 0 Å². The van der Waals surface area contributed by atoms with Crippen molar-refractivity contribution < 1.29 is 9.32 Å². The third-order valence-corrected chi connectivity index (χ3v) is 5.34. The van der Waals surface area contributed by atoms with Crippen molar-refractivity contribution in [3.63, 3.8) is 0 Å². The number of carbonyl (C=O) groups is 1. The number of aromatic nitrogens is 1. The predicted octanol–water partition coefficient (Wildman–Crippen LogP) is 2.54. The molecule has 0 unspecified atom stereocenters. The molecular formula is C17H28N4O2S. The highest BCUT2D eigenvalue weighted by molar-refractivity contribution is 7.80. The Balaban J connectivity index is 1.70. The van der Waals surface area contributed by atoms with E-state index in [2.05, 4.69) is 35.2 Å². The minimum Gasteiger partial charge on any atom is -0.361 e. The monoisotopic (exact) mass is 352 g/mol. The van der Waals surface area contributed by atoms with E-state index >= 15 is 0 Å². The minimum atomic E-state index is -0.107. The normalized spacial score (nSPS) is 23.6. The number of rotatable bonds is 4. The van der Waals surface area contributed by atoms with Gasteiger partial charge in [0.2, 0.25) is 5.91 Å². The van der Waals surface area contributed by atoms with E-state index in [9.17, 15) is 4.79 Å². The highest BCUT2D eigenvalue weighted by atomic mass is 32.1. The smallest absolute Gasteiger partial charge is 0.238 e. The average molecular weight is 353 g/mol. The van der Waals surface area contributed by atoms with Gasteiger partial charge in [0.1, 0.15) is 5.76 Å². The number of hydrazine groups is 1. The maximum Gasteiger partial charge on any atom is 0.238 e. The van der Waals surface area contributed by atoms with Crippen LogP contribution in [0.1, 0.15) is 56.5 Å². The van der Waals surface area contributed by atoms with Gasteiger partial charge in [-0.05, 0) is 50.7 Å². The molecule has 1 aromatic rings. The fourth-order valence-electron chi connectivity index (χ4n) is 3.28. The number of thiocarbonyl (C=S) groups is 1. The number of hydrogen-bond acceptors (Lipinski definition) is 4. The van der Waals surface area contributed by atoms with Gasteiger partial charge in [-0.3, -0.25) is 15.6 Å². The molecule has 1 fully saturated rings. The lowest BCUT2D eigenvalue weighted by atomic mass is 9.78. The van der Waals surface area contributed by atoms with Gasteiger partial charge < -0.3 is 9.84 Å². The molecule has 1 aromatic heterocycles. The molecule has 3 atom stereocenters. The molecule has 3 N–H and O–H groups in total. The van der Waals surface area contributed by atoms with Crippen molar-refractivity contribution in [2.45, 2.75) is 65.8 Å². The molecule has 1 heterocycles. The van der Waals surface area contributed by atoms with Crippen LogP contribution in [0.25, 0.3) is 0 Å². The largest absolute Gasteiger partial charge is 0.361 e. The zero-order valence-corrected chi connectivity index (χ0v) is 15.8. The van der Waals surface area contributed by atoms with E-state index in [-0.39, 0.29) is 5.91 Å². The molecular weight excluding hydrogens is 324 g/mol. The topological polar surface area (TPSA) is 79.2 Å². The summed E-state index contributed by atoms with van der Waals surface area (Å²) in [6.07, 6.45) is 4.57. The van der Waals surface area contributed by atoms with Crippen LogP contribution in [0, 0.1) is 25.7 Å². The Hall–Kier alpha value is -1.63. The fraction of sp³-hybridized carbons (Fsp3) is 0.706. The van der Waals surface area contributed by atoms with Gasteiger partial charge in [0, 0.05) is 18.0 Å². The number of nitrogens with one attached hydrogen (secondary N) is 3. The lowest BCUT2D eigenvalue weighted by molar-refractivity contribution is -0.121. The SMILES string of the molecule is Cc1noc(C)c1CCC(=O)NNC(=S)N[C@H]1CCC[C@H](C)[C@@H]1C. The molecule has 2 rings (SSSR count). The van der Waals surface area contributed by atoms with Crippen LogP contribution >= 0.6 is 12.2 Å². The molecule has 0 saturated heterocycles. The van der Waals surface area contributed by atoms with E-state index in [0.717, 1.165) is 23.4 Å². The molecule has 0 spiro atoms. The lowest BCUT2D eigenvalue weighted by Gasteiger charge is -2.35. The molecule has 0 aromatic carbocycles. The summed E-state index contributed by atoms with van der Waals surface area (Å²) in [6.45, 7) is 8.28.